The Bertz CT molecular complexity index is 958. The number of hydrogen-bond acceptors (Lipinski definition) is 9. The van der Waals surface area contributed by atoms with Gasteiger partial charge in [-0.15, -0.1) is 0 Å². The molecular formula is C22H28NO9P. The first-order chi connectivity index (χ1) is 15.7. The molecule has 0 amide bonds. The molecule has 33 heavy (non-hydrogen) atoms. The molecule has 0 spiro atoms. The van der Waals surface area contributed by atoms with Crippen molar-refractivity contribution in [2.24, 2.45) is 0 Å². The molecule has 0 aliphatic heterocycles. The Morgan fingerprint density at radius 1 is 1.03 bits per heavy atom. The quantitative estimate of drug-likeness (QED) is 0.191. The highest BCUT2D eigenvalue weighted by atomic mass is 31.2. The van der Waals surface area contributed by atoms with Crippen LogP contribution in [0.3, 0.4) is 0 Å². The van der Waals surface area contributed by atoms with Gasteiger partial charge < -0.3 is 9.84 Å². The van der Waals surface area contributed by atoms with Crippen molar-refractivity contribution in [2.45, 2.75) is 38.9 Å². The summed E-state index contributed by atoms with van der Waals surface area (Å²) in [5.74, 6) is -1.02. The summed E-state index contributed by atoms with van der Waals surface area (Å²) in [6, 6.07) is 13.6. The molecule has 0 saturated carbocycles. The molecule has 10 nitrogen and oxygen atoms in total. The third-order valence-electron chi connectivity index (χ3n) is 4.59. The number of phosphoric acid groups is 1. The van der Waals surface area contributed by atoms with Gasteiger partial charge in [-0.2, -0.15) is 0 Å². The Morgan fingerprint density at radius 2 is 1.61 bits per heavy atom. The summed E-state index contributed by atoms with van der Waals surface area (Å²) in [6.45, 7) is 4.65. The molecule has 0 saturated heterocycles. The van der Waals surface area contributed by atoms with E-state index in [1.165, 1.54) is 24.3 Å². The minimum absolute atomic E-state index is 0.0270. The molecule has 0 aliphatic carbocycles. The molecule has 2 aromatic carbocycles. The van der Waals surface area contributed by atoms with Crippen molar-refractivity contribution in [1.82, 2.24) is 0 Å². The fourth-order valence-electron chi connectivity index (χ4n) is 3.17. The summed E-state index contributed by atoms with van der Waals surface area (Å²) in [5, 5.41) is 22.8. The van der Waals surface area contributed by atoms with E-state index in [4.69, 9.17) is 18.3 Å². The Labute approximate surface area is 192 Å². The minimum Gasteiger partial charge on any atom is -0.464 e. The molecule has 11 heteroatoms. The van der Waals surface area contributed by atoms with Crippen LogP contribution in [0.15, 0.2) is 54.6 Å². The van der Waals surface area contributed by atoms with Gasteiger partial charge in [0.05, 0.1) is 24.7 Å². The van der Waals surface area contributed by atoms with E-state index in [1.54, 1.807) is 51.1 Å². The second-order valence-electron chi connectivity index (χ2n) is 6.92. The van der Waals surface area contributed by atoms with Crippen molar-refractivity contribution in [3.05, 3.63) is 75.8 Å². The van der Waals surface area contributed by atoms with Crippen molar-refractivity contribution in [1.29, 1.82) is 0 Å². The van der Waals surface area contributed by atoms with Gasteiger partial charge in [-0.05, 0) is 44.0 Å². The number of nitro groups is 1. The number of hydrogen-bond donors (Lipinski definition) is 1. The molecule has 0 aromatic heterocycles. The standard InChI is InChI=1S/C22H28NO9P/c1-4-29-21(24)22(25,16-17-10-8-7-9-11-17)20(32-33(28,30-5-2)31-6-3)18-12-14-19(15-13-18)23(26)27/h7-15,20,25H,4-6,16H2,1-3H3/t20-,22-/m0/s1. The Hall–Kier alpha value is -2.62. The molecule has 0 heterocycles. The van der Waals surface area contributed by atoms with E-state index in [0.717, 1.165) is 0 Å². The molecule has 0 bridgehead atoms. The lowest BCUT2D eigenvalue weighted by molar-refractivity contribution is -0.384. The van der Waals surface area contributed by atoms with E-state index in [2.05, 4.69) is 0 Å². The van der Waals surface area contributed by atoms with Gasteiger partial charge in [0.2, 0.25) is 0 Å². The molecule has 1 N–H and O–H groups in total. The number of carbonyl (C=O) groups is 1. The van der Waals surface area contributed by atoms with Crippen molar-refractivity contribution in [3.63, 3.8) is 0 Å². The molecule has 0 unspecified atom stereocenters. The van der Waals surface area contributed by atoms with Crippen LogP contribution in [0.25, 0.3) is 0 Å². The van der Waals surface area contributed by atoms with Gasteiger partial charge >= 0.3 is 13.8 Å². The highest BCUT2D eigenvalue weighted by Gasteiger charge is 2.51. The van der Waals surface area contributed by atoms with Crippen LogP contribution in [0.1, 0.15) is 38.0 Å². The maximum Gasteiger partial charge on any atom is 0.475 e. The second-order valence-corrected chi connectivity index (χ2v) is 8.55. The zero-order valence-corrected chi connectivity index (χ0v) is 19.6. The van der Waals surface area contributed by atoms with Gasteiger partial charge in [0, 0.05) is 18.6 Å². The van der Waals surface area contributed by atoms with Crippen molar-refractivity contribution in [2.75, 3.05) is 19.8 Å². The lowest BCUT2D eigenvalue weighted by Crippen LogP contribution is -2.48. The molecule has 2 atom stereocenters. The van der Waals surface area contributed by atoms with Crippen molar-refractivity contribution < 1.29 is 37.7 Å². The van der Waals surface area contributed by atoms with E-state index in [0.29, 0.717) is 5.56 Å². The normalized spacial score (nSPS) is 14.3. The number of nitrogens with zero attached hydrogens (tertiary/aromatic N) is 1. The lowest BCUT2D eigenvalue weighted by atomic mass is 9.85. The molecular weight excluding hydrogens is 453 g/mol. The number of nitro benzene ring substituents is 1. The SMILES string of the molecule is CCOC(=O)[C@](O)(Cc1ccccc1)[C@@H](OP(=O)(OCC)OCC)c1ccc([N+](=O)[O-])cc1. The van der Waals surface area contributed by atoms with Gasteiger partial charge in [-0.1, -0.05) is 30.3 Å². The largest absolute Gasteiger partial charge is 0.475 e. The Kier molecular flexibility index (Phi) is 9.70. The van der Waals surface area contributed by atoms with Crippen LogP contribution in [-0.4, -0.2) is 41.4 Å². The number of aliphatic hydroxyl groups is 1. The summed E-state index contributed by atoms with van der Waals surface area (Å²) >= 11 is 0. The van der Waals surface area contributed by atoms with Crippen LogP contribution in [0.5, 0.6) is 0 Å². The van der Waals surface area contributed by atoms with Gasteiger partial charge in [-0.3, -0.25) is 23.7 Å². The van der Waals surface area contributed by atoms with Crippen molar-refractivity contribution >= 4 is 19.5 Å². The molecule has 0 aliphatic rings. The first kappa shape index (κ1) is 26.6. The zero-order valence-electron chi connectivity index (χ0n) is 18.7. The topological polar surface area (TPSA) is 134 Å². The van der Waals surface area contributed by atoms with Crippen LogP contribution >= 0.6 is 7.82 Å². The summed E-state index contributed by atoms with van der Waals surface area (Å²) in [5.41, 5.74) is -1.85. The number of rotatable bonds is 13. The molecule has 180 valence electrons. The number of non-ortho nitro benzene ring substituents is 1. The fourth-order valence-corrected chi connectivity index (χ4v) is 4.56. The van der Waals surface area contributed by atoms with Gasteiger partial charge in [-0.25, -0.2) is 9.36 Å². The molecule has 2 rings (SSSR count). The van der Waals surface area contributed by atoms with Gasteiger partial charge in [0.1, 0.15) is 6.10 Å². The number of ether oxygens (including phenoxy) is 1. The zero-order chi connectivity index (χ0) is 24.5. The average Bonchev–Trinajstić information content (AvgIpc) is 2.78. The van der Waals surface area contributed by atoms with E-state index in [9.17, 15) is 24.6 Å². The van der Waals surface area contributed by atoms with E-state index < -0.39 is 30.4 Å². The first-order valence-electron chi connectivity index (χ1n) is 10.4. The molecule has 0 radical (unpaired) electrons. The number of esters is 1. The monoisotopic (exact) mass is 481 g/mol. The Morgan fingerprint density at radius 3 is 2.09 bits per heavy atom. The summed E-state index contributed by atoms with van der Waals surface area (Å²) in [4.78, 5) is 23.5. The van der Waals surface area contributed by atoms with Crippen LogP contribution in [-0.2, 0) is 34.1 Å². The number of benzene rings is 2. The predicted molar refractivity (Wildman–Crippen MR) is 120 cm³/mol. The lowest BCUT2D eigenvalue weighted by Gasteiger charge is -2.35. The van der Waals surface area contributed by atoms with Crippen LogP contribution in [0.2, 0.25) is 0 Å². The first-order valence-corrected chi connectivity index (χ1v) is 11.9. The average molecular weight is 481 g/mol. The summed E-state index contributed by atoms with van der Waals surface area (Å²) in [6.07, 6.45) is -1.85. The fraction of sp³-hybridized carbons (Fsp3) is 0.409. The highest BCUT2D eigenvalue weighted by molar-refractivity contribution is 7.48. The van der Waals surface area contributed by atoms with Gasteiger partial charge in [0.25, 0.3) is 5.69 Å². The summed E-state index contributed by atoms with van der Waals surface area (Å²) < 4.78 is 34.5. The van der Waals surface area contributed by atoms with Gasteiger partial charge in [0.15, 0.2) is 5.60 Å². The molecule has 2 aromatic rings. The minimum atomic E-state index is -4.23. The second kappa shape index (κ2) is 12.0. The van der Waals surface area contributed by atoms with E-state index in [-0.39, 0.29) is 37.5 Å². The predicted octanol–water partition coefficient (Wildman–Crippen LogP) is 4.37. The number of phosphoric ester groups is 1. The van der Waals surface area contributed by atoms with Crippen LogP contribution in [0.4, 0.5) is 5.69 Å². The molecule has 0 fully saturated rings. The van der Waals surface area contributed by atoms with Crippen molar-refractivity contribution in [3.8, 4) is 0 Å². The third-order valence-corrected chi connectivity index (χ3v) is 6.21. The van der Waals surface area contributed by atoms with Crippen LogP contribution in [0, 0.1) is 10.1 Å². The maximum atomic E-state index is 13.2. The third kappa shape index (κ3) is 6.93. The number of carbonyl (C=O) groups excluding carboxylic acids is 1. The van der Waals surface area contributed by atoms with E-state index in [1.807, 2.05) is 0 Å². The summed E-state index contributed by atoms with van der Waals surface area (Å²) in [7, 11) is -4.23. The Balaban J connectivity index is 2.64. The smallest absolute Gasteiger partial charge is 0.464 e. The van der Waals surface area contributed by atoms with E-state index >= 15 is 0 Å². The maximum absolute atomic E-state index is 13.2. The van der Waals surface area contributed by atoms with Crippen LogP contribution < -0.4 is 0 Å². The highest BCUT2D eigenvalue weighted by Crippen LogP contribution is 2.55.